The zero-order chi connectivity index (χ0) is 23.3. The smallest absolute Gasteiger partial charge is 0.291 e. The Bertz CT molecular complexity index is 1260. The number of hydrogen-bond donors (Lipinski definition) is 2. The Kier molecular flexibility index (Phi) is 7.21. The molecule has 0 radical (unpaired) electrons. The zero-order valence-electron chi connectivity index (χ0n) is 16.5. The van der Waals surface area contributed by atoms with Crippen LogP contribution in [-0.2, 0) is 4.79 Å². The summed E-state index contributed by atoms with van der Waals surface area (Å²) in [6.07, 6.45) is 0.180. The number of halogens is 3. The third kappa shape index (κ3) is 5.92. The molecule has 2 aromatic carbocycles. The van der Waals surface area contributed by atoms with Crippen molar-refractivity contribution in [2.45, 2.75) is 6.42 Å². The summed E-state index contributed by atoms with van der Waals surface area (Å²) < 4.78 is 37.2. The van der Waals surface area contributed by atoms with Gasteiger partial charge in [0.1, 0.15) is 23.0 Å². The van der Waals surface area contributed by atoms with Crippen LogP contribution in [0.4, 0.5) is 8.78 Å². The monoisotopic (exact) mass is 462 g/mol. The first-order valence-corrected chi connectivity index (χ1v) is 9.68. The maximum Gasteiger partial charge on any atom is 0.291 e. The normalized spacial score (nSPS) is 10.6. The van der Waals surface area contributed by atoms with Crippen molar-refractivity contribution in [2.75, 3.05) is 13.2 Å². The van der Waals surface area contributed by atoms with Gasteiger partial charge in [-0.25, -0.2) is 8.78 Å². The molecule has 1 heterocycles. The van der Waals surface area contributed by atoms with E-state index in [4.69, 9.17) is 20.8 Å². The molecule has 2 amide bonds. The molecule has 7 nitrogen and oxygen atoms in total. The first-order valence-electron chi connectivity index (χ1n) is 9.30. The molecule has 0 atom stereocenters. The first kappa shape index (κ1) is 23.0. The van der Waals surface area contributed by atoms with Crippen molar-refractivity contribution in [3.63, 3.8) is 0 Å². The Morgan fingerprint density at radius 2 is 1.91 bits per heavy atom. The van der Waals surface area contributed by atoms with Crippen molar-refractivity contribution in [2.24, 2.45) is 0 Å². The number of fused-ring (bicyclic) bond motifs is 1. The molecule has 0 aliphatic carbocycles. The molecule has 0 fully saturated rings. The van der Waals surface area contributed by atoms with Crippen LogP contribution in [0.2, 0.25) is 5.02 Å². The van der Waals surface area contributed by atoms with Crippen LogP contribution in [0, 0.1) is 11.6 Å². The van der Waals surface area contributed by atoms with Gasteiger partial charge in [0.05, 0.1) is 10.4 Å². The minimum atomic E-state index is -0.738. The molecule has 0 saturated carbocycles. The van der Waals surface area contributed by atoms with E-state index in [-0.39, 0.29) is 52.8 Å². The van der Waals surface area contributed by atoms with Gasteiger partial charge < -0.3 is 19.8 Å². The van der Waals surface area contributed by atoms with Crippen LogP contribution in [0.15, 0.2) is 64.0 Å². The Morgan fingerprint density at radius 3 is 2.66 bits per heavy atom. The zero-order valence-corrected chi connectivity index (χ0v) is 17.3. The molecule has 0 aliphatic heterocycles. The van der Waals surface area contributed by atoms with Gasteiger partial charge in [0.25, 0.3) is 11.8 Å². The summed E-state index contributed by atoms with van der Waals surface area (Å²) >= 11 is 5.57. The Morgan fingerprint density at radius 1 is 1.12 bits per heavy atom. The molecule has 3 rings (SSSR count). The van der Waals surface area contributed by atoms with Crippen molar-refractivity contribution in [1.29, 1.82) is 0 Å². The predicted molar refractivity (Wildman–Crippen MR) is 114 cm³/mol. The number of nitrogens with one attached hydrogen (secondary N) is 2. The molecular formula is C22H17ClF2N2O5. The fourth-order valence-electron chi connectivity index (χ4n) is 2.64. The summed E-state index contributed by atoms with van der Waals surface area (Å²) in [4.78, 5) is 36.2. The summed E-state index contributed by atoms with van der Waals surface area (Å²) in [5.74, 6) is -2.63. The minimum absolute atomic E-state index is 0.0545. The molecule has 1 aromatic heterocycles. The quantitative estimate of drug-likeness (QED) is 0.533. The predicted octanol–water partition coefficient (Wildman–Crippen LogP) is 3.55. The van der Waals surface area contributed by atoms with Crippen molar-refractivity contribution in [1.82, 2.24) is 10.6 Å². The molecule has 10 heteroatoms. The molecule has 32 heavy (non-hydrogen) atoms. The van der Waals surface area contributed by atoms with Crippen molar-refractivity contribution >= 4 is 34.4 Å². The maximum atomic E-state index is 13.4. The molecule has 166 valence electrons. The van der Waals surface area contributed by atoms with Crippen molar-refractivity contribution in [3.8, 4) is 5.75 Å². The van der Waals surface area contributed by atoms with Gasteiger partial charge in [0, 0.05) is 36.9 Å². The molecule has 0 aliphatic rings. The lowest BCUT2D eigenvalue weighted by molar-refractivity contribution is -0.123. The van der Waals surface area contributed by atoms with Gasteiger partial charge in [-0.05, 0) is 24.3 Å². The molecule has 2 N–H and O–H groups in total. The molecule has 0 unspecified atom stereocenters. The highest BCUT2D eigenvalue weighted by molar-refractivity contribution is 6.30. The maximum absolute atomic E-state index is 13.4. The summed E-state index contributed by atoms with van der Waals surface area (Å²) in [7, 11) is 0. The Balaban J connectivity index is 1.46. The van der Waals surface area contributed by atoms with Crippen molar-refractivity contribution in [3.05, 3.63) is 87.4 Å². The van der Waals surface area contributed by atoms with E-state index in [2.05, 4.69) is 17.2 Å². The number of benzene rings is 2. The third-order valence-corrected chi connectivity index (χ3v) is 4.52. The van der Waals surface area contributed by atoms with Gasteiger partial charge in [-0.15, -0.1) is 0 Å². The van der Waals surface area contributed by atoms with E-state index in [1.165, 1.54) is 18.2 Å². The van der Waals surface area contributed by atoms with Gasteiger partial charge in [-0.1, -0.05) is 18.2 Å². The Hall–Kier alpha value is -3.72. The third-order valence-electron chi connectivity index (χ3n) is 4.22. The minimum Gasteiger partial charge on any atom is -0.484 e. The lowest BCUT2D eigenvalue weighted by atomic mass is 10.2. The van der Waals surface area contributed by atoms with Crippen LogP contribution in [0.25, 0.3) is 11.0 Å². The molecular weight excluding hydrogens is 446 g/mol. The highest BCUT2D eigenvalue weighted by Crippen LogP contribution is 2.20. The average Bonchev–Trinajstić information content (AvgIpc) is 2.74. The Labute approximate surface area is 185 Å². The largest absolute Gasteiger partial charge is 0.484 e. The van der Waals surface area contributed by atoms with Crippen LogP contribution in [0.3, 0.4) is 0 Å². The fourth-order valence-corrected chi connectivity index (χ4v) is 2.76. The topological polar surface area (TPSA) is 97.6 Å². The molecule has 0 bridgehead atoms. The number of carbonyl (C=O) groups excluding carboxylic acids is 2. The summed E-state index contributed by atoms with van der Waals surface area (Å²) in [6, 6.07) is 8.20. The summed E-state index contributed by atoms with van der Waals surface area (Å²) in [5.41, 5.74) is -0.297. The number of carbonyl (C=O) groups is 2. The second-order valence-corrected chi connectivity index (χ2v) is 7.04. The lowest BCUT2D eigenvalue weighted by Crippen LogP contribution is -2.31. The van der Waals surface area contributed by atoms with E-state index >= 15 is 0 Å². The average molecular weight is 463 g/mol. The van der Waals surface area contributed by atoms with E-state index in [9.17, 15) is 23.2 Å². The first-order chi connectivity index (χ1) is 15.2. The second-order valence-electron chi connectivity index (χ2n) is 6.64. The van der Waals surface area contributed by atoms with Crippen LogP contribution in [0.5, 0.6) is 5.75 Å². The van der Waals surface area contributed by atoms with Crippen LogP contribution in [-0.4, -0.2) is 25.0 Å². The van der Waals surface area contributed by atoms with Gasteiger partial charge in [0.2, 0.25) is 0 Å². The van der Waals surface area contributed by atoms with Gasteiger partial charge in [-0.2, -0.15) is 0 Å². The van der Waals surface area contributed by atoms with Gasteiger partial charge >= 0.3 is 0 Å². The van der Waals surface area contributed by atoms with Crippen LogP contribution >= 0.6 is 11.6 Å². The molecule has 3 aromatic rings. The lowest BCUT2D eigenvalue weighted by Gasteiger charge is -2.10. The summed E-state index contributed by atoms with van der Waals surface area (Å²) in [5, 5.41) is 5.09. The van der Waals surface area contributed by atoms with Gasteiger partial charge in [-0.3, -0.25) is 14.4 Å². The van der Waals surface area contributed by atoms with Gasteiger partial charge in [0.15, 0.2) is 17.8 Å². The highest BCUT2D eigenvalue weighted by Gasteiger charge is 2.14. The standard InChI is InChI=1S/C22H17ClF2N2O5/c1-12(6-7-26-21(29)11-31-14-3-5-16(23)17(25)9-14)27-22(30)20-10-18(28)15-4-2-13(24)8-19(15)32-20/h2-5,8-10H,1,6-7,11H2,(H,26,29)(H,27,30). The van der Waals surface area contributed by atoms with Crippen LogP contribution < -0.4 is 20.8 Å². The van der Waals surface area contributed by atoms with E-state index in [1.54, 1.807) is 0 Å². The van der Waals surface area contributed by atoms with E-state index in [0.29, 0.717) is 0 Å². The number of amides is 2. The molecule has 0 saturated heterocycles. The van der Waals surface area contributed by atoms with E-state index in [1.807, 2.05) is 0 Å². The second kappa shape index (κ2) is 10.1. The van der Waals surface area contributed by atoms with Crippen molar-refractivity contribution < 1.29 is 27.5 Å². The molecule has 0 spiro atoms. The summed E-state index contributed by atoms with van der Waals surface area (Å²) in [6.45, 7) is 3.46. The van der Waals surface area contributed by atoms with E-state index < -0.39 is 28.9 Å². The number of hydrogen-bond acceptors (Lipinski definition) is 5. The van der Waals surface area contributed by atoms with Crippen LogP contribution in [0.1, 0.15) is 17.0 Å². The van der Waals surface area contributed by atoms with E-state index in [0.717, 1.165) is 24.3 Å². The SMILES string of the molecule is C=C(CCNC(=O)COc1ccc(Cl)c(F)c1)NC(=O)c1cc(=O)c2ccc(F)cc2o1. The highest BCUT2D eigenvalue weighted by atomic mass is 35.5. The number of ether oxygens (including phenoxy) is 1. The fraction of sp³-hybridized carbons (Fsp3) is 0.136. The number of rotatable bonds is 8.